The fourth-order valence-electron chi connectivity index (χ4n) is 1.01. The summed E-state index contributed by atoms with van der Waals surface area (Å²) in [4.78, 5) is 1.82. The number of nitriles is 1. The molecule has 0 aromatic carbocycles. The Morgan fingerprint density at radius 3 is 3.00 bits per heavy atom. The molecule has 70 valence electrons. The lowest BCUT2D eigenvalue weighted by atomic mass is 10.3. The van der Waals surface area contributed by atoms with Crippen molar-refractivity contribution in [2.24, 2.45) is 0 Å². The van der Waals surface area contributed by atoms with E-state index in [0.29, 0.717) is 17.8 Å². The molecule has 4 nitrogen and oxygen atoms in total. The van der Waals surface area contributed by atoms with Crippen molar-refractivity contribution in [3.05, 3.63) is 10.9 Å². The number of nitrogens with zero attached hydrogens (tertiary/aromatic N) is 2. The number of rotatable bonds is 3. The highest BCUT2D eigenvalue weighted by atomic mass is 32.1. The Bertz CT molecular complexity index is 329. The molecule has 0 radical (unpaired) electrons. The molecular formula is C8H11N3OS. The lowest BCUT2D eigenvalue weighted by Gasteiger charge is -2.15. The van der Waals surface area contributed by atoms with Gasteiger partial charge in [0.2, 0.25) is 0 Å². The van der Waals surface area contributed by atoms with Gasteiger partial charge in [0.25, 0.3) is 0 Å². The molecule has 3 N–H and O–H groups in total. The highest BCUT2D eigenvalue weighted by Gasteiger charge is 2.12. The van der Waals surface area contributed by atoms with Gasteiger partial charge in [-0.2, -0.15) is 5.26 Å². The lowest BCUT2D eigenvalue weighted by molar-refractivity contribution is 0.304. The number of aliphatic hydroxyl groups is 1. The van der Waals surface area contributed by atoms with Crippen molar-refractivity contribution in [3.63, 3.8) is 0 Å². The third-order valence-corrected chi connectivity index (χ3v) is 2.80. The minimum atomic E-state index is 0.0686. The standard InChI is InChI=1S/C8H11N3OS/c1-11(2-3-12)8-6(4-9)7(10)5-13-8/h5,12H,2-3,10H2,1H3. The van der Waals surface area contributed by atoms with E-state index < -0.39 is 0 Å². The van der Waals surface area contributed by atoms with Crippen LogP contribution in [0.3, 0.4) is 0 Å². The van der Waals surface area contributed by atoms with Crippen LogP contribution in [0.15, 0.2) is 5.38 Å². The van der Waals surface area contributed by atoms with Gasteiger partial charge in [-0.3, -0.25) is 0 Å². The summed E-state index contributed by atoms with van der Waals surface area (Å²) in [6.07, 6.45) is 0. The predicted molar refractivity (Wildman–Crippen MR) is 53.8 cm³/mol. The van der Waals surface area contributed by atoms with Crippen LogP contribution in [-0.2, 0) is 0 Å². The average Bonchev–Trinajstić information content (AvgIpc) is 2.47. The average molecular weight is 197 g/mol. The van der Waals surface area contributed by atoms with Crippen LogP contribution in [-0.4, -0.2) is 25.3 Å². The Kier molecular flexibility index (Phi) is 3.12. The Labute approximate surface area is 80.8 Å². The first-order chi connectivity index (χ1) is 6.20. The van der Waals surface area contributed by atoms with Crippen molar-refractivity contribution in [1.82, 2.24) is 0 Å². The molecule has 13 heavy (non-hydrogen) atoms. The van der Waals surface area contributed by atoms with Crippen LogP contribution < -0.4 is 10.6 Å². The second-order valence-electron chi connectivity index (χ2n) is 2.63. The summed E-state index contributed by atoms with van der Waals surface area (Å²) in [5.41, 5.74) is 6.59. The molecule has 0 saturated carbocycles. The first-order valence-corrected chi connectivity index (χ1v) is 4.67. The summed E-state index contributed by atoms with van der Waals surface area (Å²) in [5.74, 6) is 0. The fraction of sp³-hybridized carbons (Fsp3) is 0.375. The molecule has 0 atom stereocenters. The van der Waals surface area contributed by atoms with E-state index in [-0.39, 0.29) is 6.61 Å². The molecule has 0 amide bonds. The van der Waals surface area contributed by atoms with Crippen molar-refractivity contribution in [2.45, 2.75) is 0 Å². The second-order valence-corrected chi connectivity index (χ2v) is 3.49. The summed E-state index contributed by atoms with van der Waals surface area (Å²) < 4.78 is 0. The fourth-order valence-corrected chi connectivity index (χ4v) is 1.91. The maximum absolute atomic E-state index is 8.79. The minimum Gasteiger partial charge on any atom is -0.397 e. The van der Waals surface area contributed by atoms with Crippen LogP contribution in [0.4, 0.5) is 10.7 Å². The number of likely N-dealkylation sites (N-methyl/N-ethyl adjacent to an activating group) is 1. The van der Waals surface area contributed by atoms with Crippen molar-refractivity contribution < 1.29 is 5.11 Å². The highest BCUT2D eigenvalue weighted by molar-refractivity contribution is 7.15. The molecule has 1 aromatic heterocycles. The van der Waals surface area contributed by atoms with Gasteiger partial charge in [0.1, 0.15) is 16.6 Å². The zero-order valence-electron chi connectivity index (χ0n) is 7.32. The molecule has 0 aliphatic rings. The van der Waals surface area contributed by atoms with E-state index in [9.17, 15) is 0 Å². The van der Waals surface area contributed by atoms with Crippen LogP contribution in [0.1, 0.15) is 5.56 Å². The number of aliphatic hydroxyl groups excluding tert-OH is 1. The van der Waals surface area contributed by atoms with Gasteiger partial charge in [0.15, 0.2) is 0 Å². The van der Waals surface area contributed by atoms with Gasteiger partial charge in [0, 0.05) is 19.0 Å². The van der Waals surface area contributed by atoms with Gasteiger partial charge in [-0.25, -0.2) is 0 Å². The van der Waals surface area contributed by atoms with Crippen LogP contribution in [0.5, 0.6) is 0 Å². The van der Waals surface area contributed by atoms with Crippen LogP contribution >= 0.6 is 11.3 Å². The van der Waals surface area contributed by atoms with Gasteiger partial charge in [-0.05, 0) is 0 Å². The zero-order chi connectivity index (χ0) is 9.84. The SMILES string of the molecule is CN(CCO)c1scc(N)c1C#N. The minimum absolute atomic E-state index is 0.0686. The Balaban J connectivity index is 2.95. The van der Waals surface area contributed by atoms with Gasteiger partial charge in [-0.15, -0.1) is 11.3 Å². The Morgan fingerprint density at radius 1 is 1.77 bits per heavy atom. The number of nitrogens with two attached hydrogens (primary N) is 1. The van der Waals surface area contributed by atoms with Gasteiger partial charge >= 0.3 is 0 Å². The Morgan fingerprint density at radius 2 is 2.46 bits per heavy atom. The number of thiophene rings is 1. The smallest absolute Gasteiger partial charge is 0.111 e. The van der Waals surface area contributed by atoms with E-state index in [4.69, 9.17) is 16.1 Å². The molecule has 1 heterocycles. The normalized spacial score (nSPS) is 9.62. The maximum atomic E-state index is 8.79. The molecule has 0 aliphatic heterocycles. The summed E-state index contributed by atoms with van der Waals surface area (Å²) in [7, 11) is 1.82. The van der Waals surface area contributed by atoms with Crippen LogP contribution in [0.25, 0.3) is 0 Å². The summed E-state index contributed by atoms with van der Waals surface area (Å²) in [6, 6.07) is 2.05. The van der Waals surface area contributed by atoms with Gasteiger partial charge in [-0.1, -0.05) is 0 Å². The van der Waals surface area contributed by atoms with Crippen LogP contribution in [0.2, 0.25) is 0 Å². The molecule has 1 rings (SSSR count). The zero-order valence-corrected chi connectivity index (χ0v) is 8.14. The van der Waals surface area contributed by atoms with Crippen molar-refractivity contribution >= 4 is 22.0 Å². The van der Waals surface area contributed by atoms with E-state index in [0.717, 1.165) is 5.00 Å². The topological polar surface area (TPSA) is 73.3 Å². The summed E-state index contributed by atoms with van der Waals surface area (Å²) in [5, 5.41) is 20.1. The van der Waals surface area contributed by atoms with Crippen molar-refractivity contribution in [2.75, 3.05) is 30.8 Å². The molecule has 0 bridgehead atoms. The first-order valence-electron chi connectivity index (χ1n) is 3.79. The maximum Gasteiger partial charge on any atom is 0.111 e. The van der Waals surface area contributed by atoms with Gasteiger partial charge < -0.3 is 15.7 Å². The molecular weight excluding hydrogens is 186 g/mol. The number of nitrogen functional groups attached to an aromatic ring is 1. The molecule has 0 saturated heterocycles. The number of anilines is 2. The quantitative estimate of drug-likeness (QED) is 0.745. The summed E-state index contributed by atoms with van der Waals surface area (Å²) >= 11 is 1.42. The molecule has 0 spiro atoms. The first kappa shape index (κ1) is 9.84. The van der Waals surface area contributed by atoms with Crippen LogP contribution in [0, 0.1) is 11.3 Å². The molecule has 0 fully saturated rings. The second kappa shape index (κ2) is 4.12. The largest absolute Gasteiger partial charge is 0.397 e. The van der Waals surface area contributed by atoms with E-state index in [1.54, 1.807) is 5.38 Å². The van der Waals surface area contributed by atoms with E-state index in [2.05, 4.69) is 0 Å². The van der Waals surface area contributed by atoms with Crippen molar-refractivity contribution in [1.29, 1.82) is 5.26 Å². The summed E-state index contributed by atoms with van der Waals surface area (Å²) in [6.45, 7) is 0.577. The lowest BCUT2D eigenvalue weighted by Crippen LogP contribution is -2.20. The van der Waals surface area contributed by atoms with E-state index in [1.807, 2.05) is 18.0 Å². The van der Waals surface area contributed by atoms with E-state index >= 15 is 0 Å². The molecule has 1 aromatic rings. The number of hydrogen-bond acceptors (Lipinski definition) is 5. The third kappa shape index (κ3) is 1.91. The Hall–Kier alpha value is -1.25. The predicted octanol–water partition coefficient (Wildman–Crippen LogP) is 0.630. The van der Waals surface area contributed by atoms with E-state index in [1.165, 1.54) is 11.3 Å². The van der Waals surface area contributed by atoms with Gasteiger partial charge in [0.05, 0.1) is 12.3 Å². The molecule has 5 heteroatoms. The molecule has 0 unspecified atom stereocenters. The molecule has 0 aliphatic carbocycles. The highest BCUT2D eigenvalue weighted by Crippen LogP contribution is 2.31. The number of hydrogen-bond donors (Lipinski definition) is 2. The van der Waals surface area contributed by atoms with Crippen molar-refractivity contribution in [3.8, 4) is 6.07 Å². The monoisotopic (exact) mass is 197 g/mol. The third-order valence-electron chi connectivity index (χ3n) is 1.69.